The van der Waals surface area contributed by atoms with Gasteiger partial charge in [-0.05, 0) is 27.8 Å². The molecule has 6 rings (SSSR count). The van der Waals surface area contributed by atoms with Gasteiger partial charge in [-0.15, -0.1) is 11.3 Å². The average molecular weight is 731 g/mol. The van der Waals surface area contributed by atoms with E-state index in [1.165, 1.54) is 16.4 Å². The Kier molecular flexibility index (Phi) is 14.9. The third kappa shape index (κ3) is 11.7. The summed E-state index contributed by atoms with van der Waals surface area (Å²) in [6.07, 6.45) is -2.18. The molecule has 0 fully saturated rings. The maximum absolute atomic E-state index is 12.1. The summed E-state index contributed by atoms with van der Waals surface area (Å²) in [6, 6.07) is 48.3. The number of ether oxygens (including phenoxy) is 4. The maximum Gasteiger partial charge on any atom is 0.116 e. The van der Waals surface area contributed by atoms with Gasteiger partial charge >= 0.3 is 0 Å². The molecule has 5 atom stereocenters. The number of thiazole rings is 1. The van der Waals surface area contributed by atoms with Crippen molar-refractivity contribution in [3.8, 4) is 0 Å². The normalized spacial score (nSPS) is 14.4. The van der Waals surface area contributed by atoms with Crippen molar-refractivity contribution < 1.29 is 29.3 Å². The van der Waals surface area contributed by atoms with E-state index in [0.29, 0.717) is 11.6 Å². The van der Waals surface area contributed by atoms with Crippen LogP contribution in [0, 0.1) is 0 Å². The van der Waals surface area contributed by atoms with Gasteiger partial charge in [-0.1, -0.05) is 152 Å². The molecule has 5 aromatic carbocycles. The number of hydroxylamine groups is 2. The number of aliphatic hydroxyl groups is 1. The van der Waals surface area contributed by atoms with E-state index in [4.69, 9.17) is 23.9 Å². The summed E-state index contributed by atoms with van der Waals surface area (Å²) in [7, 11) is 0. The molecule has 0 spiro atoms. The first-order chi connectivity index (χ1) is 26.1. The van der Waals surface area contributed by atoms with E-state index in [1.54, 1.807) is 6.20 Å². The third-order valence-corrected chi connectivity index (χ3v) is 9.65. The van der Waals surface area contributed by atoms with Crippen molar-refractivity contribution in [2.45, 2.75) is 63.4 Å². The Balaban J connectivity index is 1.39. The van der Waals surface area contributed by atoms with Crippen LogP contribution in [0.1, 0.15) is 38.9 Å². The van der Waals surface area contributed by atoms with Crippen LogP contribution in [0.4, 0.5) is 0 Å². The van der Waals surface area contributed by atoms with E-state index in [1.807, 2.05) is 157 Å². The molecule has 6 aromatic rings. The van der Waals surface area contributed by atoms with Crippen molar-refractivity contribution in [3.05, 3.63) is 196 Å². The van der Waals surface area contributed by atoms with Gasteiger partial charge in [0.05, 0.1) is 33.0 Å². The first kappa shape index (κ1) is 38.2. The topological polar surface area (TPSA) is 93.5 Å². The van der Waals surface area contributed by atoms with Crippen molar-refractivity contribution in [1.29, 1.82) is 0 Å². The molecule has 274 valence electrons. The molecule has 9 heteroatoms. The Labute approximate surface area is 315 Å². The molecule has 0 unspecified atom stereocenters. The molecule has 8 nitrogen and oxygen atoms in total. The highest BCUT2D eigenvalue weighted by Gasteiger charge is 2.44. The summed E-state index contributed by atoms with van der Waals surface area (Å²) >= 11 is 1.42. The number of hydrogen-bond donors (Lipinski definition) is 2. The lowest BCUT2D eigenvalue weighted by atomic mass is 9.96. The van der Waals surface area contributed by atoms with Gasteiger partial charge in [0.2, 0.25) is 0 Å². The average Bonchev–Trinajstić information content (AvgIpc) is 3.74. The Hall–Kier alpha value is -4.55. The quantitative estimate of drug-likeness (QED) is 0.0714. The molecule has 0 aliphatic carbocycles. The molecule has 0 saturated carbocycles. The predicted octanol–water partition coefficient (Wildman–Crippen LogP) is 8.41. The van der Waals surface area contributed by atoms with Gasteiger partial charge in [0, 0.05) is 18.1 Å². The summed E-state index contributed by atoms with van der Waals surface area (Å²) in [4.78, 5) is 4.69. The van der Waals surface area contributed by atoms with Crippen LogP contribution in [-0.4, -0.2) is 51.4 Å². The number of rotatable bonds is 21. The fourth-order valence-corrected chi connectivity index (χ4v) is 6.90. The zero-order valence-corrected chi connectivity index (χ0v) is 30.4. The third-order valence-electron chi connectivity index (χ3n) is 8.81. The fraction of sp³-hybridized carbons (Fsp3) is 0.250. The van der Waals surface area contributed by atoms with Crippen molar-refractivity contribution in [1.82, 2.24) is 10.0 Å². The largest absolute Gasteiger partial charge is 0.388 e. The zero-order chi connectivity index (χ0) is 36.5. The monoisotopic (exact) mass is 730 g/mol. The van der Waals surface area contributed by atoms with Crippen LogP contribution >= 0.6 is 11.3 Å². The van der Waals surface area contributed by atoms with Crippen LogP contribution in [0.25, 0.3) is 0 Å². The van der Waals surface area contributed by atoms with Gasteiger partial charge in [-0.3, -0.25) is 0 Å². The van der Waals surface area contributed by atoms with Crippen LogP contribution in [0.15, 0.2) is 163 Å². The standard InChI is InChI=1S/C44H46N2O6S/c47-39(33-49-29-35-18-8-2-9-19-35)41(50-30-36-20-10-3-11-21-36)43(52-32-38-24-14-5-15-25-38)42(51-31-37-22-12-4-13-23-37)40(44-45-26-27-53-44)46(48)28-34-16-6-1-7-17-34/h1-27,39-43,47-48H,28-33H2/t39-,40+,41+,42+,43+/m1/s1. The minimum Gasteiger partial charge on any atom is -0.388 e. The fourth-order valence-electron chi connectivity index (χ4n) is 6.12. The van der Waals surface area contributed by atoms with Gasteiger partial charge < -0.3 is 29.3 Å². The van der Waals surface area contributed by atoms with Crippen LogP contribution in [0.5, 0.6) is 0 Å². The SMILES string of the molecule is O[C@H](COCc1ccccc1)[C@H](OCc1ccccc1)[C@H](OCc1ccccc1)[C@@H](OCc1ccccc1)[C@@H](c1nccs1)N(O)Cc1ccccc1. The summed E-state index contributed by atoms with van der Waals surface area (Å²) < 4.78 is 26.5. The summed E-state index contributed by atoms with van der Waals surface area (Å²) in [5, 5.41) is 27.9. The summed E-state index contributed by atoms with van der Waals surface area (Å²) in [5.41, 5.74) is 4.71. The van der Waals surface area contributed by atoms with E-state index in [0.717, 1.165) is 27.8 Å². The highest BCUT2D eigenvalue weighted by Crippen LogP contribution is 2.35. The first-order valence-electron chi connectivity index (χ1n) is 17.8. The summed E-state index contributed by atoms with van der Waals surface area (Å²) in [6.45, 7) is 1.10. The zero-order valence-electron chi connectivity index (χ0n) is 29.5. The first-order valence-corrected chi connectivity index (χ1v) is 18.7. The van der Waals surface area contributed by atoms with Crippen molar-refractivity contribution in [2.75, 3.05) is 6.61 Å². The molecule has 0 aliphatic rings. The van der Waals surface area contributed by atoms with Crippen LogP contribution in [0.2, 0.25) is 0 Å². The molecule has 0 radical (unpaired) electrons. The minimum atomic E-state index is -1.13. The van der Waals surface area contributed by atoms with E-state index >= 15 is 0 Å². The smallest absolute Gasteiger partial charge is 0.116 e. The Morgan fingerprint density at radius 2 is 0.943 bits per heavy atom. The van der Waals surface area contributed by atoms with Crippen LogP contribution in [0.3, 0.4) is 0 Å². The Morgan fingerprint density at radius 1 is 0.528 bits per heavy atom. The van der Waals surface area contributed by atoms with Gasteiger partial charge in [0.15, 0.2) is 0 Å². The van der Waals surface area contributed by atoms with E-state index in [2.05, 4.69) is 0 Å². The molecule has 0 aliphatic heterocycles. The van der Waals surface area contributed by atoms with Gasteiger partial charge in [-0.25, -0.2) is 4.98 Å². The number of aromatic nitrogens is 1. The van der Waals surface area contributed by atoms with Gasteiger partial charge in [-0.2, -0.15) is 5.06 Å². The Morgan fingerprint density at radius 3 is 1.40 bits per heavy atom. The molecule has 1 aromatic heterocycles. The second-order valence-corrected chi connectivity index (χ2v) is 13.7. The van der Waals surface area contributed by atoms with E-state index in [-0.39, 0.29) is 33.0 Å². The molecule has 0 saturated heterocycles. The second kappa shape index (κ2) is 20.6. The van der Waals surface area contributed by atoms with Gasteiger partial charge in [0.1, 0.15) is 35.5 Å². The van der Waals surface area contributed by atoms with Gasteiger partial charge in [0.25, 0.3) is 0 Å². The molecule has 0 amide bonds. The lowest BCUT2D eigenvalue weighted by molar-refractivity contribution is -0.234. The van der Waals surface area contributed by atoms with Crippen molar-refractivity contribution in [2.24, 2.45) is 0 Å². The van der Waals surface area contributed by atoms with Crippen molar-refractivity contribution >= 4 is 11.3 Å². The summed E-state index contributed by atoms with van der Waals surface area (Å²) in [5.74, 6) is 0. The lowest BCUT2D eigenvalue weighted by Crippen LogP contribution is -2.54. The number of benzene rings is 5. The molecular formula is C44H46N2O6S. The number of hydrogen-bond acceptors (Lipinski definition) is 9. The maximum atomic E-state index is 12.1. The van der Waals surface area contributed by atoms with E-state index < -0.39 is 30.5 Å². The van der Waals surface area contributed by atoms with Crippen LogP contribution < -0.4 is 0 Å². The molecular weight excluding hydrogens is 685 g/mol. The minimum absolute atomic E-state index is 0.0280. The Bertz CT molecular complexity index is 1840. The number of aliphatic hydroxyl groups excluding tert-OH is 1. The number of nitrogens with zero attached hydrogens (tertiary/aromatic N) is 2. The van der Waals surface area contributed by atoms with Crippen LogP contribution in [-0.2, 0) is 51.9 Å². The van der Waals surface area contributed by atoms with Crippen molar-refractivity contribution in [3.63, 3.8) is 0 Å². The highest BCUT2D eigenvalue weighted by atomic mass is 32.1. The molecule has 53 heavy (non-hydrogen) atoms. The molecule has 1 heterocycles. The molecule has 2 N–H and O–H groups in total. The lowest BCUT2D eigenvalue weighted by Gasteiger charge is -2.40. The second-order valence-electron chi connectivity index (χ2n) is 12.8. The highest BCUT2D eigenvalue weighted by molar-refractivity contribution is 7.09. The molecule has 0 bridgehead atoms. The predicted molar refractivity (Wildman–Crippen MR) is 206 cm³/mol. The van der Waals surface area contributed by atoms with E-state index in [9.17, 15) is 10.3 Å².